The Kier molecular flexibility index (Phi) is 3.74. The number of aryl methyl sites for hydroxylation is 1. The zero-order valence-corrected chi connectivity index (χ0v) is 11.8. The minimum absolute atomic E-state index is 0.0114. The van der Waals surface area contributed by atoms with Gasteiger partial charge in [-0.25, -0.2) is 0 Å². The fourth-order valence-corrected chi connectivity index (χ4v) is 2.06. The fraction of sp³-hybridized carbons (Fsp3) is 0.312. The molecule has 0 radical (unpaired) electrons. The Morgan fingerprint density at radius 1 is 1.16 bits per heavy atom. The van der Waals surface area contributed by atoms with Crippen LogP contribution in [0.2, 0.25) is 0 Å². The van der Waals surface area contributed by atoms with Gasteiger partial charge < -0.3 is 9.30 Å². The van der Waals surface area contributed by atoms with Gasteiger partial charge in [0.15, 0.2) is 0 Å². The highest BCUT2D eigenvalue weighted by Crippen LogP contribution is 2.32. The van der Waals surface area contributed by atoms with Gasteiger partial charge in [-0.1, -0.05) is 19.9 Å². The standard InChI is InChI=1S/C16H19NO2/c1-11(2)12-5-7-15(19-4)14(9-12)13-6-8-16(18)17(3)10-13/h5-11H,1-4H3. The van der Waals surface area contributed by atoms with Crippen LogP contribution in [-0.4, -0.2) is 11.7 Å². The Labute approximate surface area is 113 Å². The molecule has 2 rings (SSSR count). The highest BCUT2D eigenvalue weighted by Gasteiger charge is 2.09. The molecule has 2 aromatic rings. The van der Waals surface area contributed by atoms with Crippen molar-refractivity contribution >= 4 is 0 Å². The van der Waals surface area contributed by atoms with E-state index < -0.39 is 0 Å². The Bertz CT molecular complexity index is 641. The molecule has 0 aliphatic carbocycles. The summed E-state index contributed by atoms with van der Waals surface area (Å²) in [4.78, 5) is 11.5. The first kappa shape index (κ1) is 13.4. The molecule has 0 spiro atoms. The van der Waals surface area contributed by atoms with Crippen LogP contribution < -0.4 is 10.3 Å². The predicted molar refractivity (Wildman–Crippen MR) is 77.8 cm³/mol. The number of aromatic nitrogens is 1. The molecule has 1 aromatic heterocycles. The summed E-state index contributed by atoms with van der Waals surface area (Å²) in [5, 5.41) is 0. The van der Waals surface area contributed by atoms with Gasteiger partial charge in [0, 0.05) is 30.4 Å². The first-order valence-electron chi connectivity index (χ1n) is 6.38. The lowest BCUT2D eigenvalue weighted by atomic mass is 9.97. The van der Waals surface area contributed by atoms with Crippen LogP contribution in [0.3, 0.4) is 0 Å². The lowest BCUT2D eigenvalue weighted by molar-refractivity contribution is 0.416. The average molecular weight is 257 g/mol. The van der Waals surface area contributed by atoms with E-state index in [1.54, 1.807) is 24.8 Å². The third kappa shape index (κ3) is 2.70. The molecule has 3 heteroatoms. The Balaban J connectivity index is 2.61. The fourth-order valence-electron chi connectivity index (χ4n) is 2.06. The Morgan fingerprint density at radius 3 is 2.47 bits per heavy atom. The number of rotatable bonds is 3. The molecular weight excluding hydrogens is 238 g/mol. The highest BCUT2D eigenvalue weighted by atomic mass is 16.5. The van der Waals surface area contributed by atoms with Gasteiger partial charge in [-0.3, -0.25) is 4.79 Å². The molecule has 0 amide bonds. The summed E-state index contributed by atoms with van der Waals surface area (Å²) in [6.45, 7) is 4.32. The lowest BCUT2D eigenvalue weighted by Crippen LogP contribution is -2.14. The third-order valence-corrected chi connectivity index (χ3v) is 3.29. The van der Waals surface area contributed by atoms with E-state index in [1.807, 2.05) is 18.3 Å². The molecular formula is C16H19NO2. The normalized spacial score (nSPS) is 10.8. The minimum atomic E-state index is -0.0114. The van der Waals surface area contributed by atoms with Crippen molar-refractivity contribution < 1.29 is 4.74 Å². The van der Waals surface area contributed by atoms with Gasteiger partial charge in [-0.05, 0) is 29.7 Å². The Morgan fingerprint density at radius 2 is 1.89 bits per heavy atom. The second-order valence-corrected chi connectivity index (χ2v) is 4.98. The van der Waals surface area contributed by atoms with Crippen molar-refractivity contribution in [3.8, 4) is 16.9 Å². The molecule has 100 valence electrons. The Hall–Kier alpha value is -2.03. The first-order chi connectivity index (χ1) is 9.02. The van der Waals surface area contributed by atoms with Crippen LogP contribution in [0.4, 0.5) is 0 Å². The van der Waals surface area contributed by atoms with Gasteiger partial charge in [0.1, 0.15) is 5.75 Å². The van der Waals surface area contributed by atoms with Crippen molar-refractivity contribution in [3.05, 3.63) is 52.4 Å². The van der Waals surface area contributed by atoms with E-state index in [9.17, 15) is 4.79 Å². The van der Waals surface area contributed by atoms with Crippen molar-refractivity contribution in [3.63, 3.8) is 0 Å². The monoisotopic (exact) mass is 257 g/mol. The van der Waals surface area contributed by atoms with Crippen LogP contribution in [-0.2, 0) is 7.05 Å². The number of nitrogens with zero attached hydrogens (tertiary/aromatic N) is 1. The molecule has 1 heterocycles. The summed E-state index contributed by atoms with van der Waals surface area (Å²) in [6.07, 6.45) is 1.84. The van der Waals surface area contributed by atoms with Crippen molar-refractivity contribution in [2.45, 2.75) is 19.8 Å². The zero-order valence-electron chi connectivity index (χ0n) is 11.8. The maximum absolute atomic E-state index is 11.5. The van der Waals surface area contributed by atoms with E-state index in [2.05, 4.69) is 26.0 Å². The van der Waals surface area contributed by atoms with Gasteiger partial charge in [0.2, 0.25) is 5.56 Å². The first-order valence-corrected chi connectivity index (χ1v) is 6.38. The van der Waals surface area contributed by atoms with Crippen LogP contribution in [0.25, 0.3) is 11.1 Å². The van der Waals surface area contributed by atoms with Crippen LogP contribution in [0.1, 0.15) is 25.3 Å². The van der Waals surface area contributed by atoms with Crippen LogP contribution in [0.5, 0.6) is 5.75 Å². The van der Waals surface area contributed by atoms with Gasteiger partial charge in [-0.2, -0.15) is 0 Å². The molecule has 19 heavy (non-hydrogen) atoms. The second-order valence-electron chi connectivity index (χ2n) is 4.98. The number of methoxy groups -OCH3 is 1. The summed E-state index contributed by atoms with van der Waals surface area (Å²) >= 11 is 0. The van der Waals surface area contributed by atoms with E-state index in [1.165, 1.54) is 5.56 Å². The number of ether oxygens (including phenoxy) is 1. The third-order valence-electron chi connectivity index (χ3n) is 3.29. The number of hydrogen-bond acceptors (Lipinski definition) is 2. The molecule has 0 N–H and O–H groups in total. The molecule has 3 nitrogen and oxygen atoms in total. The predicted octanol–water partition coefficient (Wildman–Crippen LogP) is 3.18. The molecule has 0 saturated carbocycles. The molecule has 0 bridgehead atoms. The SMILES string of the molecule is COc1ccc(C(C)C)cc1-c1ccc(=O)n(C)c1. The highest BCUT2D eigenvalue weighted by molar-refractivity contribution is 5.70. The van der Waals surface area contributed by atoms with Crippen LogP contribution >= 0.6 is 0 Å². The second kappa shape index (κ2) is 5.31. The van der Waals surface area contributed by atoms with Crippen molar-refractivity contribution in [2.75, 3.05) is 7.11 Å². The molecule has 0 unspecified atom stereocenters. The summed E-state index contributed by atoms with van der Waals surface area (Å²) in [7, 11) is 3.42. The molecule has 0 aliphatic rings. The quantitative estimate of drug-likeness (QED) is 0.845. The van der Waals surface area contributed by atoms with E-state index in [4.69, 9.17) is 4.74 Å². The van der Waals surface area contributed by atoms with Crippen molar-refractivity contribution in [1.82, 2.24) is 4.57 Å². The van der Waals surface area contributed by atoms with Crippen LogP contribution in [0, 0.1) is 0 Å². The summed E-state index contributed by atoms with van der Waals surface area (Å²) in [6, 6.07) is 9.61. The largest absolute Gasteiger partial charge is 0.496 e. The smallest absolute Gasteiger partial charge is 0.250 e. The minimum Gasteiger partial charge on any atom is -0.496 e. The molecule has 1 aromatic carbocycles. The van der Waals surface area contributed by atoms with E-state index in [-0.39, 0.29) is 5.56 Å². The molecule has 0 saturated heterocycles. The van der Waals surface area contributed by atoms with Gasteiger partial charge >= 0.3 is 0 Å². The van der Waals surface area contributed by atoms with E-state index in [0.717, 1.165) is 16.9 Å². The summed E-state index contributed by atoms with van der Waals surface area (Å²) < 4.78 is 7.00. The molecule has 0 atom stereocenters. The van der Waals surface area contributed by atoms with Gasteiger partial charge in [0.25, 0.3) is 0 Å². The number of benzene rings is 1. The number of pyridine rings is 1. The van der Waals surface area contributed by atoms with Crippen molar-refractivity contribution in [2.24, 2.45) is 7.05 Å². The molecule has 0 aliphatic heterocycles. The van der Waals surface area contributed by atoms with Gasteiger partial charge in [0.05, 0.1) is 7.11 Å². The maximum atomic E-state index is 11.5. The average Bonchev–Trinajstić information content (AvgIpc) is 2.41. The molecule has 0 fully saturated rings. The lowest BCUT2D eigenvalue weighted by Gasteiger charge is -2.13. The maximum Gasteiger partial charge on any atom is 0.250 e. The van der Waals surface area contributed by atoms with E-state index >= 15 is 0 Å². The zero-order chi connectivity index (χ0) is 14.0. The summed E-state index contributed by atoms with van der Waals surface area (Å²) in [5.41, 5.74) is 3.25. The summed E-state index contributed by atoms with van der Waals surface area (Å²) in [5.74, 6) is 1.28. The van der Waals surface area contributed by atoms with Crippen molar-refractivity contribution in [1.29, 1.82) is 0 Å². The van der Waals surface area contributed by atoms with E-state index in [0.29, 0.717) is 5.92 Å². The topological polar surface area (TPSA) is 31.2 Å². The van der Waals surface area contributed by atoms with Crippen LogP contribution in [0.15, 0.2) is 41.3 Å². The van der Waals surface area contributed by atoms with Gasteiger partial charge in [-0.15, -0.1) is 0 Å². The number of hydrogen-bond donors (Lipinski definition) is 0.